The minimum Gasteiger partial charge on any atom is -0.490 e. The Morgan fingerprint density at radius 2 is 1.77 bits per heavy atom. The molecule has 258 valence electrons. The molecule has 0 aliphatic heterocycles. The van der Waals surface area contributed by atoms with Gasteiger partial charge in [0, 0.05) is 36.1 Å². The molecule has 0 unspecified atom stereocenters. The van der Waals surface area contributed by atoms with Gasteiger partial charge in [-0.25, -0.2) is 4.79 Å². The number of para-hydroxylation sites is 1. The summed E-state index contributed by atoms with van der Waals surface area (Å²) in [5.74, 6) is 0.930. The van der Waals surface area contributed by atoms with Crippen molar-refractivity contribution in [3.05, 3.63) is 89.2 Å². The third-order valence-electron chi connectivity index (χ3n) is 9.31. The highest BCUT2D eigenvalue weighted by Gasteiger charge is 2.45. The number of carbonyl (C=O) groups excluding carboxylic acids is 1. The number of urea groups is 1. The molecule has 0 radical (unpaired) electrons. The fourth-order valence-electron chi connectivity index (χ4n) is 5.97. The van der Waals surface area contributed by atoms with Crippen LogP contribution in [0.5, 0.6) is 5.75 Å². The molecule has 5 rings (SSSR count). The van der Waals surface area contributed by atoms with E-state index in [1.807, 2.05) is 30.6 Å². The molecule has 3 aromatic rings. The average Bonchev–Trinajstić information content (AvgIpc) is 4.05. The van der Waals surface area contributed by atoms with Crippen LogP contribution in [0.3, 0.4) is 0 Å². The van der Waals surface area contributed by atoms with Gasteiger partial charge < -0.3 is 40.9 Å². The van der Waals surface area contributed by atoms with Crippen molar-refractivity contribution in [2.75, 3.05) is 19.7 Å². The lowest BCUT2D eigenvalue weighted by Crippen LogP contribution is -2.50. The molecule has 11 heteroatoms. The minimum atomic E-state index is -1.75. The molecule has 2 aromatic carbocycles. The second-order valence-electron chi connectivity index (χ2n) is 13.0. The third kappa shape index (κ3) is 9.13. The van der Waals surface area contributed by atoms with E-state index in [0.717, 1.165) is 71.6 Å². The molecule has 0 saturated heterocycles. The Morgan fingerprint density at radius 3 is 2.50 bits per heavy atom. The van der Waals surface area contributed by atoms with E-state index >= 15 is 0 Å². The summed E-state index contributed by atoms with van der Waals surface area (Å²) in [5.41, 5.74) is 6.58. The maximum Gasteiger partial charge on any atom is 0.314 e. The maximum atomic E-state index is 12.1. The fraction of sp³-hybridized carbons (Fsp3) is 0.459. The van der Waals surface area contributed by atoms with Crippen molar-refractivity contribution in [2.45, 2.75) is 87.3 Å². The summed E-state index contributed by atoms with van der Waals surface area (Å²) in [7, 11) is 0. The van der Waals surface area contributed by atoms with Crippen molar-refractivity contribution in [3.8, 4) is 16.9 Å². The number of amides is 2. The molecule has 2 fully saturated rings. The highest BCUT2D eigenvalue weighted by Crippen LogP contribution is 2.55. The molecule has 2 aliphatic carbocycles. The number of nitrogens with one attached hydrogen (secondary N) is 2. The summed E-state index contributed by atoms with van der Waals surface area (Å²) in [6.07, 6.45) is 4.97. The van der Waals surface area contributed by atoms with Crippen LogP contribution in [0.4, 0.5) is 4.79 Å². The first-order chi connectivity index (χ1) is 23.1. The quantitative estimate of drug-likeness (QED) is 0.0987. The van der Waals surface area contributed by atoms with E-state index in [9.17, 15) is 25.2 Å². The Kier molecular flexibility index (Phi) is 12.1. The third-order valence-corrected chi connectivity index (χ3v) is 9.67. The van der Waals surface area contributed by atoms with E-state index in [-0.39, 0.29) is 12.0 Å². The van der Waals surface area contributed by atoms with Gasteiger partial charge in [0.05, 0.1) is 18.8 Å². The number of pyridine rings is 1. The molecule has 0 bridgehead atoms. The molecule has 1 heterocycles. The molecule has 2 saturated carbocycles. The monoisotopic (exact) mass is 679 g/mol. The summed E-state index contributed by atoms with van der Waals surface area (Å²) in [6.45, 7) is 3.48. The second-order valence-corrected chi connectivity index (χ2v) is 13.4. The predicted molar refractivity (Wildman–Crippen MR) is 185 cm³/mol. The van der Waals surface area contributed by atoms with Gasteiger partial charge in [0.15, 0.2) is 0 Å². The first kappa shape index (κ1) is 35.8. The number of aliphatic hydroxyl groups is 5. The molecule has 1 aromatic heterocycles. The Hall–Kier alpha value is -3.51. The van der Waals surface area contributed by atoms with E-state index in [1.54, 1.807) is 0 Å². The van der Waals surface area contributed by atoms with E-state index in [4.69, 9.17) is 21.4 Å². The standard InChI is InChI=1S/C37H46ClN3O7/c1-23(5-4-17-40-36(47)41-21-31(43)34(45)35(46)32(44)22-42)24-8-11-30(38)25(19-24)12-14-37(15-16-37)29-20-39-18-13-27(29)28-6-2-3-7-33(28)48-26-9-10-26/h2-3,6-8,11,13,18-20,26,31-32,34-35,42-46H,1,4-5,9-10,12,14-17,21-22H2,(H2,40,41,47)/t31-,32+,34+,35+/m0/s1. The lowest BCUT2D eigenvalue weighted by molar-refractivity contribution is -0.113. The number of hydrogen-bond acceptors (Lipinski definition) is 8. The molecule has 10 nitrogen and oxygen atoms in total. The van der Waals surface area contributed by atoms with Crippen LogP contribution in [0.1, 0.15) is 61.6 Å². The molecular weight excluding hydrogens is 634 g/mol. The molecular formula is C37H46ClN3O7. The topological polar surface area (TPSA) is 164 Å². The zero-order valence-corrected chi connectivity index (χ0v) is 27.8. The van der Waals surface area contributed by atoms with Crippen LogP contribution in [0, 0.1) is 0 Å². The number of carbonyl (C=O) groups is 1. The van der Waals surface area contributed by atoms with E-state index in [2.05, 4.69) is 52.5 Å². The summed E-state index contributed by atoms with van der Waals surface area (Å²) in [4.78, 5) is 16.7. The molecule has 0 spiro atoms. The van der Waals surface area contributed by atoms with Gasteiger partial charge in [-0.05, 0) is 103 Å². The van der Waals surface area contributed by atoms with Crippen LogP contribution in [0.15, 0.2) is 67.5 Å². The molecule has 7 N–H and O–H groups in total. The van der Waals surface area contributed by atoms with Crippen molar-refractivity contribution in [3.63, 3.8) is 0 Å². The van der Waals surface area contributed by atoms with Gasteiger partial charge in [-0.3, -0.25) is 4.98 Å². The van der Waals surface area contributed by atoms with E-state index in [1.165, 1.54) is 11.1 Å². The van der Waals surface area contributed by atoms with Crippen molar-refractivity contribution in [2.24, 2.45) is 0 Å². The largest absolute Gasteiger partial charge is 0.490 e. The predicted octanol–water partition coefficient (Wildman–Crippen LogP) is 4.14. The van der Waals surface area contributed by atoms with Gasteiger partial charge in [0.2, 0.25) is 0 Å². The van der Waals surface area contributed by atoms with Gasteiger partial charge in [0.1, 0.15) is 24.1 Å². The molecule has 48 heavy (non-hydrogen) atoms. The number of aromatic nitrogens is 1. The van der Waals surface area contributed by atoms with Gasteiger partial charge in [-0.1, -0.05) is 48.5 Å². The summed E-state index contributed by atoms with van der Waals surface area (Å²) in [6, 6.07) is 15.8. The first-order valence-electron chi connectivity index (χ1n) is 16.6. The zero-order valence-electron chi connectivity index (χ0n) is 27.0. The van der Waals surface area contributed by atoms with Gasteiger partial charge >= 0.3 is 6.03 Å². The number of aliphatic hydroxyl groups excluding tert-OH is 5. The molecule has 2 amide bonds. The fourth-order valence-corrected chi connectivity index (χ4v) is 6.18. The Balaban J connectivity index is 1.12. The molecule has 2 aliphatic rings. The zero-order chi connectivity index (χ0) is 34.3. The van der Waals surface area contributed by atoms with Crippen molar-refractivity contribution in [1.29, 1.82) is 0 Å². The van der Waals surface area contributed by atoms with Crippen LogP contribution in [0.2, 0.25) is 5.02 Å². The smallest absolute Gasteiger partial charge is 0.314 e. The highest BCUT2D eigenvalue weighted by molar-refractivity contribution is 6.31. The lowest BCUT2D eigenvalue weighted by atomic mass is 9.85. The second kappa shape index (κ2) is 16.3. The number of nitrogens with zero attached hydrogens (tertiary/aromatic N) is 1. The van der Waals surface area contributed by atoms with Crippen LogP contribution >= 0.6 is 11.6 Å². The normalized spacial score (nSPS) is 17.5. The van der Waals surface area contributed by atoms with Gasteiger partial charge in [-0.2, -0.15) is 0 Å². The molecule has 4 atom stereocenters. The number of ether oxygens (including phenoxy) is 1. The summed E-state index contributed by atoms with van der Waals surface area (Å²) < 4.78 is 6.26. The van der Waals surface area contributed by atoms with E-state index in [0.29, 0.717) is 25.5 Å². The van der Waals surface area contributed by atoms with Crippen molar-refractivity contribution >= 4 is 23.2 Å². The number of aryl methyl sites for hydroxylation is 1. The van der Waals surface area contributed by atoms with Crippen LogP contribution < -0.4 is 15.4 Å². The van der Waals surface area contributed by atoms with Crippen LogP contribution in [0.25, 0.3) is 16.7 Å². The van der Waals surface area contributed by atoms with Crippen LogP contribution in [-0.4, -0.2) is 86.8 Å². The number of allylic oxidation sites excluding steroid dienone is 1. The first-order valence-corrected chi connectivity index (χ1v) is 17.0. The average molecular weight is 680 g/mol. The summed E-state index contributed by atoms with van der Waals surface area (Å²) >= 11 is 6.69. The SMILES string of the molecule is C=C(CCCNC(=O)NC[C@H](O)[C@@H](O)[C@H](O)[C@H](O)CO)c1ccc(Cl)c(CCC2(c3cnccc3-c3ccccc3OC3CC3)CC2)c1. The number of rotatable bonds is 18. The summed E-state index contributed by atoms with van der Waals surface area (Å²) in [5, 5.41) is 53.6. The van der Waals surface area contributed by atoms with Crippen molar-refractivity contribution in [1.82, 2.24) is 15.6 Å². The van der Waals surface area contributed by atoms with Gasteiger partial charge in [0.25, 0.3) is 0 Å². The Bertz CT molecular complexity index is 1560. The number of halogens is 1. The lowest BCUT2D eigenvalue weighted by Gasteiger charge is -2.25. The Morgan fingerprint density at radius 1 is 1.02 bits per heavy atom. The Labute approximate surface area is 286 Å². The van der Waals surface area contributed by atoms with Gasteiger partial charge in [-0.15, -0.1) is 0 Å². The minimum absolute atomic E-state index is 0.0352. The number of hydrogen-bond donors (Lipinski definition) is 7. The maximum absolute atomic E-state index is 12.1. The number of benzene rings is 2. The van der Waals surface area contributed by atoms with Crippen LogP contribution in [-0.2, 0) is 11.8 Å². The highest BCUT2D eigenvalue weighted by atomic mass is 35.5. The van der Waals surface area contributed by atoms with E-state index < -0.39 is 37.1 Å². The van der Waals surface area contributed by atoms with Crippen molar-refractivity contribution < 1.29 is 35.1 Å².